The highest BCUT2D eigenvalue weighted by molar-refractivity contribution is 7.99. The van der Waals surface area contributed by atoms with Gasteiger partial charge in [-0.25, -0.2) is 4.98 Å². The maximum atomic E-state index is 13.3. The lowest BCUT2D eigenvalue weighted by atomic mass is 10.1. The van der Waals surface area contributed by atoms with Gasteiger partial charge >= 0.3 is 0 Å². The molecule has 28 heavy (non-hydrogen) atoms. The Morgan fingerprint density at radius 1 is 1.32 bits per heavy atom. The first-order valence-corrected chi connectivity index (χ1v) is 12.1. The van der Waals surface area contributed by atoms with Crippen LogP contribution in [-0.4, -0.2) is 51.0 Å². The molecule has 0 unspecified atom stereocenters. The molecule has 0 amide bonds. The van der Waals surface area contributed by atoms with E-state index in [1.165, 1.54) is 35.0 Å². The molecule has 0 saturated carbocycles. The van der Waals surface area contributed by atoms with Gasteiger partial charge in [0.2, 0.25) is 0 Å². The van der Waals surface area contributed by atoms with E-state index in [1.807, 2.05) is 0 Å². The number of aliphatic hydroxyl groups excluding tert-OH is 1. The van der Waals surface area contributed by atoms with Crippen molar-refractivity contribution in [2.75, 3.05) is 25.4 Å². The molecule has 1 aliphatic carbocycles. The summed E-state index contributed by atoms with van der Waals surface area (Å²) in [5.41, 5.74) is 1.27. The smallest absolute Gasteiger partial charge is 0.263 e. The van der Waals surface area contributed by atoms with Crippen LogP contribution in [0.4, 0.5) is 0 Å². The Morgan fingerprint density at radius 2 is 2.07 bits per heavy atom. The summed E-state index contributed by atoms with van der Waals surface area (Å²) in [5.74, 6) is 0.524. The molecule has 0 radical (unpaired) electrons. The van der Waals surface area contributed by atoms with Gasteiger partial charge in [-0.05, 0) is 44.3 Å². The van der Waals surface area contributed by atoms with Crippen LogP contribution in [0.2, 0.25) is 0 Å². The molecule has 0 fully saturated rings. The average Bonchev–Trinajstić information content (AvgIpc) is 2.88. The third-order valence-corrected chi connectivity index (χ3v) is 7.68. The summed E-state index contributed by atoms with van der Waals surface area (Å²) in [4.78, 5) is 22.6. The fourth-order valence-corrected chi connectivity index (χ4v) is 6.03. The third-order valence-electron chi connectivity index (χ3n) is 5.37. The molecule has 1 atom stereocenters. The van der Waals surface area contributed by atoms with Crippen LogP contribution >= 0.6 is 23.1 Å². The molecule has 0 saturated heterocycles. The van der Waals surface area contributed by atoms with Gasteiger partial charge in [0.15, 0.2) is 5.16 Å². The molecule has 1 aliphatic rings. The summed E-state index contributed by atoms with van der Waals surface area (Å²) in [6, 6.07) is 0. The number of thioether (sulfide) groups is 1. The summed E-state index contributed by atoms with van der Waals surface area (Å²) in [6.45, 7) is 10.9. The highest BCUT2D eigenvalue weighted by Gasteiger charge is 2.21. The van der Waals surface area contributed by atoms with Crippen LogP contribution in [0, 0.1) is 0 Å². The summed E-state index contributed by atoms with van der Waals surface area (Å²) in [5, 5.41) is 11.9. The van der Waals surface area contributed by atoms with Crippen molar-refractivity contribution >= 4 is 33.3 Å². The molecular weight excluding hydrogens is 390 g/mol. The lowest BCUT2D eigenvalue weighted by Gasteiger charge is -2.21. The fourth-order valence-electron chi connectivity index (χ4n) is 3.80. The van der Waals surface area contributed by atoms with Crippen molar-refractivity contribution in [1.29, 1.82) is 0 Å². The van der Waals surface area contributed by atoms with E-state index in [9.17, 15) is 9.90 Å². The largest absolute Gasteiger partial charge is 0.391 e. The minimum Gasteiger partial charge on any atom is -0.391 e. The Labute approximate surface area is 175 Å². The summed E-state index contributed by atoms with van der Waals surface area (Å²) < 4.78 is 1.72. The van der Waals surface area contributed by atoms with Crippen LogP contribution in [0.5, 0.6) is 0 Å². The van der Waals surface area contributed by atoms with E-state index in [0.717, 1.165) is 42.6 Å². The predicted molar refractivity (Wildman–Crippen MR) is 120 cm³/mol. The Hall–Kier alpha value is -1.15. The molecule has 1 N–H and O–H groups in total. The number of aryl methyl sites for hydroxylation is 2. The van der Waals surface area contributed by atoms with Crippen molar-refractivity contribution in [3.8, 4) is 0 Å². The van der Waals surface area contributed by atoms with Crippen LogP contribution in [0.25, 0.3) is 10.2 Å². The van der Waals surface area contributed by atoms with Crippen LogP contribution in [-0.2, 0) is 19.4 Å². The normalized spacial score (nSPS) is 15.6. The lowest BCUT2D eigenvalue weighted by molar-refractivity contribution is 0.136. The molecule has 5 nitrogen and oxygen atoms in total. The van der Waals surface area contributed by atoms with E-state index in [-0.39, 0.29) is 5.56 Å². The maximum absolute atomic E-state index is 13.3. The van der Waals surface area contributed by atoms with Gasteiger partial charge in [-0.15, -0.1) is 17.9 Å². The van der Waals surface area contributed by atoms with Gasteiger partial charge in [0.05, 0.1) is 11.5 Å². The molecular formula is C21H31N3O2S2. The quantitative estimate of drug-likeness (QED) is 0.289. The van der Waals surface area contributed by atoms with Gasteiger partial charge in [-0.2, -0.15) is 0 Å². The SMILES string of the molecule is C=CCn1c(SC[C@H](O)CN(CC)CC)nc2sc3c(c2c1=O)CCCCC3. The monoisotopic (exact) mass is 421 g/mol. The highest BCUT2D eigenvalue weighted by atomic mass is 32.2. The minimum absolute atomic E-state index is 0.0463. The molecule has 0 aromatic carbocycles. The predicted octanol–water partition coefficient (Wildman–Crippen LogP) is 3.71. The number of fused-ring (bicyclic) bond motifs is 3. The summed E-state index contributed by atoms with van der Waals surface area (Å²) >= 11 is 3.16. The van der Waals surface area contributed by atoms with Crippen LogP contribution < -0.4 is 5.56 Å². The van der Waals surface area contributed by atoms with E-state index in [2.05, 4.69) is 25.3 Å². The minimum atomic E-state index is -0.449. The van der Waals surface area contributed by atoms with Crippen LogP contribution in [0.15, 0.2) is 22.6 Å². The molecule has 2 heterocycles. The van der Waals surface area contributed by atoms with Gasteiger partial charge in [0.25, 0.3) is 5.56 Å². The topological polar surface area (TPSA) is 58.4 Å². The second-order valence-corrected chi connectivity index (χ2v) is 9.36. The van der Waals surface area contributed by atoms with E-state index in [4.69, 9.17) is 4.98 Å². The van der Waals surface area contributed by atoms with Crippen molar-refractivity contribution < 1.29 is 5.11 Å². The number of hydrogen-bond acceptors (Lipinski definition) is 6. The van der Waals surface area contributed by atoms with Gasteiger partial charge in [-0.1, -0.05) is 38.1 Å². The lowest BCUT2D eigenvalue weighted by Crippen LogP contribution is -2.33. The third kappa shape index (κ3) is 4.70. The standard InChI is InChI=1S/C21H31N3O2S2/c1-4-12-24-20(26)18-16-10-8-7-9-11-17(16)28-19(18)22-21(24)27-14-15(25)13-23(5-2)6-3/h4,15,25H,1,5-14H2,2-3H3/t15-/m1/s1. The first-order valence-electron chi connectivity index (χ1n) is 10.3. The molecule has 7 heteroatoms. The number of thiophene rings is 1. The Kier molecular flexibility index (Phi) is 7.74. The zero-order valence-electron chi connectivity index (χ0n) is 16.9. The van der Waals surface area contributed by atoms with E-state index in [1.54, 1.807) is 22.0 Å². The first kappa shape index (κ1) is 21.6. The van der Waals surface area contributed by atoms with Crippen molar-refractivity contribution in [2.24, 2.45) is 0 Å². The molecule has 3 rings (SSSR count). The maximum Gasteiger partial charge on any atom is 0.263 e. The van der Waals surface area contributed by atoms with Gasteiger partial charge in [-0.3, -0.25) is 9.36 Å². The van der Waals surface area contributed by atoms with Crippen molar-refractivity contribution in [1.82, 2.24) is 14.5 Å². The first-order chi connectivity index (χ1) is 13.6. The number of likely N-dealkylation sites (N-methyl/N-ethyl adjacent to an activating group) is 1. The Bertz CT molecular complexity index is 871. The molecule has 2 aromatic rings. The van der Waals surface area contributed by atoms with E-state index >= 15 is 0 Å². The van der Waals surface area contributed by atoms with Crippen molar-refractivity contribution in [3.05, 3.63) is 33.4 Å². The summed E-state index contributed by atoms with van der Waals surface area (Å²) in [7, 11) is 0. The van der Waals surface area contributed by atoms with E-state index in [0.29, 0.717) is 24.0 Å². The average molecular weight is 422 g/mol. The Morgan fingerprint density at radius 3 is 2.79 bits per heavy atom. The van der Waals surface area contributed by atoms with Crippen LogP contribution in [0.3, 0.4) is 0 Å². The highest BCUT2D eigenvalue weighted by Crippen LogP contribution is 2.34. The molecule has 0 spiro atoms. The second kappa shape index (κ2) is 10.1. The van der Waals surface area contributed by atoms with E-state index < -0.39 is 6.10 Å². The van der Waals surface area contributed by atoms with Gasteiger partial charge in [0, 0.05) is 23.7 Å². The fraction of sp³-hybridized carbons (Fsp3) is 0.619. The van der Waals surface area contributed by atoms with Gasteiger partial charge < -0.3 is 10.0 Å². The molecule has 0 bridgehead atoms. The molecule has 0 aliphatic heterocycles. The number of aliphatic hydroxyl groups is 1. The van der Waals surface area contributed by atoms with Crippen LogP contribution in [0.1, 0.15) is 43.6 Å². The second-order valence-electron chi connectivity index (χ2n) is 7.29. The number of hydrogen-bond donors (Lipinski definition) is 1. The van der Waals surface area contributed by atoms with Crippen molar-refractivity contribution in [3.63, 3.8) is 0 Å². The zero-order valence-corrected chi connectivity index (χ0v) is 18.6. The number of nitrogens with zero attached hydrogens (tertiary/aromatic N) is 3. The summed E-state index contributed by atoms with van der Waals surface area (Å²) in [6.07, 6.45) is 6.91. The Balaban J connectivity index is 1.90. The van der Waals surface area contributed by atoms with Crippen molar-refractivity contribution in [2.45, 2.75) is 63.8 Å². The number of aromatic nitrogens is 2. The zero-order chi connectivity index (χ0) is 20.1. The molecule has 154 valence electrons. The van der Waals surface area contributed by atoms with Gasteiger partial charge in [0.1, 0.15) is 4.83 Å². The molecule has 2 aromatic heterocycles. The number of allylic oxidation sites excluding steroid dienone is 1. The number of rotatable bonds is 9.